The summed E-state index contributed by atoms with van der Waals surface area (Å²) in [4.78, 5) is 14.2. The van der Waals surface area contributed by atoms with Crippen LogP contribution in [0.1, 0.15) is 17.7 Å². The van der Waals surface area contributed by atoms with Gasteiger partial charge in [-0.15, -0.1) is 0 Å². The minimum absolute atomic E-state index is 0.274. The van der Waals surface area contributed by atoms with Crippen molar-refractivity contribution in [3.05, 3.63) is 42.1 Å². The number of aromatic nitrogens is 5. The van der Waals surface area contributed by atoms with Crippen LogP contribution >= 0.6 is 0 Å². The van der Waals surface area contributed by atoms with E-state index in [-0.39, 0.29) is 6.54 Å². The van der Waals surface area contributed by atoms with Crippen LogP contribution in [0.15, 0.2) is 30.9 Å². The number of hydrogen-bond donors (Lipinski definition) is 2. The summed E-state index contributed by atoms with van der Waals surface area (Å²) in [7, 11) is 0. The number of alkyl halides is 2. The van der Waals surface area contributed by atoms with Crippen LogP contribution in [-0.2, 0) is 6.42 Å². The van der Waals surface area contributed by atoms with Crippen LogP contribution in [0.3, 0.4) is 0 Å². The molecule has 1 aliphatic rings. The molecule has 0 radical (unpaired) electrons. The lowest BCUT2D eigenvalue weighted by Crippen LogP contribution is -2.54. The van der Waals surface area contributed by atoms with Crippen molar-refractivity contribution < 1.29 is 8.78 Å². The van der Waals surface area contributed by atoms with E-state index in [1.165, 1.54) is 6.33 Å². The molecule has 2 N–H and O–H groups in total. The first-order valence-electron chi connectivity index (χ1n) is 8.93. The molecule has 0 amide bonds. The molecular weight excluding hydrogens is 352 g/mol. The quantitative estimate of drug-likeness (QED) is 0.715. The van der Waals surface area contributed by atoms with Crippen molar-refractivity contribution >= 4 is 16.9 Å². The summed E-state index contributed by atoms with van der Waals surface area (Å²) in [5.74, 6) is -2.47. The topological polar surface area (TPSA) is 82.6 Å². The molecule has 7 nitrogen and oxygen atoms in total. The van der Waals surface area contributed by atoms with Gasteiger partial charge in [0.2, 0.25) is 0 Å². The molecule has 0 aromatic carbocycles. The van der Waals surface area contributed by atoms with Crippen molar-refractivity contribution in [2.24, 2.45) is 0 Å². The predicted octanol–water partition coefficient (Wildman–Crippen LogP) is 2.42. The van der Waals surface area contributed by atoms with Crippen molar-refractivity contribution in [2.75, 3.05) is 25.0 Å². The summed E-state index contributed by atoms with van der Waals surface area (Å²) in [6, 6.07) is 2.97. The second-order valence-electron chi connectivity index (χ2n) is 6.94. The fraction of sp³-hybridized carbons (Fsp3) is 0.444. The highest BCUT2D eigenvalue weighted by Crippen LogP contribution is 2.31. The molecule has 0 saturated carbocycles. The van der Waals surface area contributed by atoms with E-state index < -0.39 is 12.0 Å². The molecule has 142 valence electrons. The number of halogens is 2. The molecule has 1 fully saturated rings. The second kappa shape index (κ2) is 7.15. The fourth-order valence-corrected chi connectivity index (χ4v) is 3.36. The van der Waals surface area contributed by atoms with Crippen LogP contribution in [0.2, 0.25) is 0 Å². The van der Waals surface area contributed by atoms with Crippen molar-refractivity contribution in [1.29, 1.82) is 0 Å². The standard InChI is InChI=1S/C18H21F2N7/c1-12-2-3-13(8-21-12)4-6-27-7-5-15(18(19,20)10-27)25-16-14-9-24-26-17(14)23-11-22-16/h2-3,8-9,11,15H,4-7,10H2,1H3,(H2,22,23,24,25,26). The molecule has 0 bridgehead atoms. The molecule has 3 aromatic rings. The van der Waals surface area contributed by atoms with Crippen LogP contribution in [0.25, 0.3) is 11.0 Å². The number of nitrogens with one attached hydrogen (secondary N) is 2. The number of aromatic amines is 1. The van der Waals surface area contributed by atoms with Gasteiger partial charge in [-0.25, -0.2) is 18.7 Å². The Balaban J connectivity index is 1.38. The third-order valence-electron chi connectivity index (χ3n) is 4.93. The first-order valence-corrected chi connectivity index (χ1v) is 8.93. The molecule has 27 heavy (non-hydrogen) atoms. The van der Waals surface area contributed by atoms with Crippen LogP contribution in [-0.4, -0.2) is 61.6 Å². The molecule has 1 aliphatic heterocycles. The second-order valence-corrected chi connectivity index (χ2v) is 6.94. The number of anilines is 1. The third kappa shape index (κ3) is 3.87. The summed E-state index contributed by atoms with van der Waals surface area (Å²) in [5.41, 5.74) is 2.54. The minimum atomic E-state index is -2.86. The normalized spacial score (nSPS) is 20.0. The Morgan fingerprint density at radius 2 is 2.15 bits per heavy atom. The SMILES string of the molecule is Cc1ccc(CCN2CCC(Nc3ncnc4[nH]ncc34)C(F)(F)C2)cn1. The van der Waals surface area contributed by atoms with E-state index >= 15 is 0 Å². The molecule has 1 unspecified atom stereocenters. The van der Waals surface area contributed by atoms with Gasteiger partial charge in [0.15, 0.2) is 5.65 Å². The molecule has 4 rings (SSSR count). The summed E-state index contributed by atoms with van der Waals surface area (Å²) >= 11 is 0. The van der Waals surface area contributed by atoms with Gasteiger partial charge in [0, 0.05) is 25.0 Å². The Hall–Kier alpha value is -2.68. The number of H-pyrrole nitrogens is 1. The monoisotopic (exact) mass is 373 g/mol. The molecule has 4 heterocycles. The molecule has 1 atom stereocenters. The van der Waals surface area contributed by atoms with Crippen LogP contribution in [0.5, 0.6) is 0 Å². The van der Waals surface area contributed by atoms with E-state index in [4.69, 9.17) is 0 Å². The number of nitrogens with zero attached hydrogens (tertiary/aromatic N) is 5. The Bertz CT molecular complexity index is 909. The predicted molar refractivity (Wildman–Crippen MR) is 97.8 cm³/mol. The van der Waals surface area contributed by atoms with E-state index in [1.54, 1.807) is 6.20 Å². The van der Waals surface area contributed by atoms with Gasteiger partial charge < -0.3 is 5.32 Å². The van der Waals surface area contributed by atoms with Gasteiger partial charge in [-0.2, -0.15) is 5.10 Å². The third-order valence-corrected chi connectivity index (χ3v) is 4.93. The Morgan fingerprint density at radius 1 is 1.26 bits per heavy atom. The maximum atomic E-state index is 14.7. The van der Waals surface area contributed by atoms with Crippen molar-refractivity contribution in [3.8, 4) is 0 Å². The summed E-state index contributed by atoms with van der Waals surface area (Å²) in [6.45, 7) is 2.85. The first kappa shape index (κ1) is 17.7. The fourth-order valence-electron chi connectivity index (χ4n) is 3.36. The number of fused-ring (bicyclic) bond motifs is 1. The maximum Gasteiger partial charge on any atom is 0.280 e. The molecule has 0 spiro atoms. The average Bonchev–Trinajstić information content (AvgIpc) is 3.13. The summed E-state index contributed by atoms with van der Waals surface area (Å²) < 4.78 is 29.5. The highest BCUT2D eigenvalue weighted by Gasteiger charge is 2.44. The van der Waals surface area contributed by atoms with E-state index in [2.05, 4.69) is 30.5 Å². The van der Waals surface area contributed by atoms with Gasteiger partial charge in [-0.3, -0.25) is 15.0 Å². The number of rotatable bonds is 5. The lowest BCUT2D eigenvalue weighted by atomic mass is 10.00. The van der Waals surface area contributed by atoms with Gasteiger partial charge in [-0.05, 0) is 31.4 Å². The first-order chi connectivity index (χ1) is 13.0. The molecule has 0 aliphatic carbocycles. The largest absolute Gasteiger partial charge is 0.360 e. The van der Waals surface area contributed by atoms with Gasteiger partial charge >= 0.3 is 0 Å². The van der Waals surface area contributed by atoms with Gasteiger partial charge in [0.1, 0.15) is 12.1 Å². The zero-order chi connectivity index (χ0) is 18.9. The van der Waals surface area contributed by atoms with Gasteiger partial charge in [-0.1, -0.05) is 6.07 Å². The number of aryl methyl sites for hydroxylation is 1. The van der Waals surface area contributed by atoms with Crippen molar-refractivity contribution in [1.82, 2.24) is 30.0 Å². The van der Waals surface area contributed by atoms with E-state index in [0.717, 1.165) is 11.3 Å². The van der Waals surface area contributed by atoms with Gasteiger partial charge in [0.25, 0.3) is 5.92 Å². The van der Waals surface area contributed by atoms with Crippen LogP contribution in [0, 0.1) is 6.92 Å². The Kier molecular flexibility index (Phi) is 4.69. The Labute approximate surface area is 155 Å². The highest BCUT2D eigenvalue weighted by molar-refractivity contribution is 5.85. The summed E-state index contributed by atoms with van der Waals surface area (Å²) in [5, 5.41) is 10.1. The van der Waals surface area contributed by atoms with Crippen molar-refractivity contribution in [2.45, 2.75) is 31.7 Å². The number of piperidine rings is 1. The summed E-state index contributed by atoms with van der Waals surface area (Å²) in [6.07, 6.45) is 5.74. The smallest absolute Gasteiger partial charge is 0.280 e. The van der Waals surface area contributed by atoms with Crippen LogP contribution in [0.4, 0.5) is 14.6 Å². The minimum Gasteiger partial charge on any atom is -0.360 e. The maximum absolute atomic E-state index is 14.7. The molecule has 3 aromatic heterocycles. The Morgan fingerprint density at radius 3 is 2.93 bits per heavy atom. The van der Waals surface area contributed by atoms with E-state index in [0.29, 0.717) is 42.8 Å². The van der Waals surface area contributed by atoms with Crippen molar-refractivity contribution in [3.63, 3.8) is 0 Å². The van der Waals surface area contributed by atoms with Gasteiger partial charge in [0.05, 0.1) is 24.2 Å². The zero-order valence-corrected chi connectivity index (χ0v) is 15.0. The number of pyridine rings is 1. The van der Waals surface area contributed by atoms with E-state index in [9.17, 15) is 8.78 Å². The number of hydrogen-bond acceptors (Lipinski definition) is 6. The lowest BCUT2D eigenvalue weighted by Gasteiger charge is -2.38. The van der Waals surface area contributed by atoms with E-state index in [1.807, 2.05) is 30.2 Å². The molecular formula is C18H21F2N7. The lowest BCUT2D eigenvalue weighted by molar-refractivity contribution is -0.0734. The van der Waals surface area contributed by atoms with Crippen LogP contribution < -0.4 is 5.32 Å². The average molecular weight is 373 g/mol. The molecule has 1 saturated heterocycles. The highest BCUT2D eigenvalue weighted by atomic mass is 19.3. The number of likely N-dealkylation sites (tertiary alicyclic amines) is 1. The molecule has 9 heteroatoms. The zero-order valence-electron chi connectivity index (χ0n) is 15.0.